The Bertz CT molecular complexity index is 341. The van der Waals surface area contributed by atoms with E-state index in [9.17, 15) is 4.79 Å². The molecule has 0 spiro atoms. The number of pyridine rings is 1. The zero-order valence-corrected chi connectivity index (χ0v) is 10.7. The van der Waals surface area contributed by atoms with Gasteiger partial charge in [-0.3, -0.25) is 4.98 Å². The molecule has 0 saturated heterocycles. The minimum Gasteiger partial charge on any atom is -0.463 e. The lowest BCUT2D eigenvalue weighted by Crippen LogP contribution is -2.40. The highest BCUT2D eigenvalue weighted by Crippen LogP contribution is 2.26. The fourth-order valence-electron chi connectivity index (χ4n) is 1.13. The molecule has 0 fully saturated rings. The zero-order chi connectivity index (χ0) is 12.0. The van der Waals surface area contributed by atoms with Crippen LogP contribution in [0.15, 0.2) is 24.5 Å². The van der Waals surface area contributed by atoms with Crippen LogP contribution in [0.1, 0.15) is 25.3 Å². The highest BCUT2D eigenvalue weighted by atomic mass is 79.9. The molecule has 0 aliphatic heterocycles. The van der Waals surface area contributed by atoms with E-state index in [-0.39, 0.29) is 0 Å². The maximum Gasteiger partial charge on any atom is 0.342 e. The van der Waals surface area contributed by atoms with Crippen LogP contribution in [-0.4, -0.2) is 17.6 Å². The van der Waals surface area contributed by atoms with Crippen molar-refractivity contribution in [1.29, 1.82) is 0 Å². The largest absolute Gasteiger partial charge is 0.463 e. The molecule has 1 unspecified atom stereocenters. The molecule has 0 aromatic carbocycles. The van der Waals surface area contributed by atoms with E-state index in [1.165, 1.54) is 0 Å². The predicted molar refractivity (Wildman–Crippen MR) is 64.9 cm³/mol. The van der Waals surface area contributed by atoms with Crippen LogP contribution in [0.5, 0.6) is 0 Å². The van der Waals surface area contributed by atoms with Crippen molar-refractivity contribution < 1.29 is 9.53 Å². The van der Waals surface area contributed by atoms with Crippen LogP contribution in [0.4, 0.5) is 0 Å². The number of hydrogen-bond donors (Lipinski definition) is 1. The Morgan fingerprint density at radius 2 is 2.19 bits per heavy atom. The number of esters is 1. The summed E-state index contributed by atoms with van der Waals surface area (Å²) in [5, 5.41) is 0. The molecule has 1 aromatic heterocycles. The number of aromatic nitrogens is 1. The molecule has 0 bridgehead atoms. The van der Waals surface area contributed by atoms with Gasteiger partial charge in [-0.05, 0) is 24.1 Å². The molecule has 88 valence electrons. The molecule has 0 aliphatic carbocycles. The molecule has 5 heteroatoms. The molecular weight excluding hydrogens is 272 g/mol. The summed E-state index contributed by atoms with van der Waals surface area (Å²) >= 11 is 3.18. The van der Waals surface area contributed by atoms with Crippen LogP contribution < -0.4 is 5.73 Å². The second-order valence-electron chi connectivity index (χ2n) is 3.44. The van der Waals surface area contributed by atoms with Gasteiger partial charge in [0.25, 0.3) is 0 Å². The smallest absolute Gasteiger partial charge is 0.342 e. The molecule has 1 aromatic rings. The van der Waals surface area contributed by atoms with Crippen molar-refractivity contribution in [2.24, 2.45) is 5.73 Å². The summed E-state index contributed by atoms with van der Waals surface area (Å²) in [5.41, 5.74) is 6.51. The predicted octanol–water partition coefficient (Wildman–Crippen LogP) is 1.93. The van der Waals surface area contributed by atoms with Gasteiger partial charge in [-0.2, -0.15) is 0 Å². The van der Waals surface area contributed by atoms with Crippen LogP contribution >= 0.6 is 15.9 Å². The first-order valence-electron chi connectivity index (χ1n) is 5.14. The van der Waals surface area contributed by atoms with Crippen LogP contribution in [0.25, 0.3) is 0 Å². The second-order valence-corrected chi connectivity index (χ2v) is 4.69. The molecule has 0 aliphatic rings. The Morgan fingerprint density at radius 1 is 1.56 bits per heavy atom. The van der Waals surface area contributed by atoms with Gasteiger partial charge in [-0.25, -0.2) is 4.79 Å². The second kappa shape index (κ2) is 5.96. The Labute approximate surface area is 103 Å². The SMILES string of the molecule is CCCCOC(=O)C(N)(Br)c1ccncc1. The molecule has 0 saturated carbocycles. The molecule has 1 heterocycles. The lowest BCUT2D eigenvalue weighted by atomic mass is 10.1. The summed E-state index contributed by atoms with van der Waals surface area (Å²) in [6.45, 7) is 2.42. The summed E-state index contributed by atoms with van der Waals surface area (Å²) < 4.78 is 3.78. The Hall–Kier alpha value is -0.940. The highest BCUT2D eigenvalue weighted by Gasteiger charge is 2.34. The number of nitrogens with two attached hydrogens (primary N) is 1. The van der Waals surface area contributed by atoms with Crippen molar-refractivity contribution in [3.05, 3.63) is 30.1 Å². The Kier molecular flexibility index (Phi) is 4.89. The van der Waals surface area contributed by atoms with Gasteiger partial charge in [-0.15, -0.1) is 0 Å². The number of ether oxygens (including phenoxy) is 1. The third kappa shape index (κ3) is 3.28. The number of hydrogen-bond acceptors (Lipinski definition) is 4. The lowest BCUT2D eigenvalue weighted by Gasteiger charge is -2.20. The van der Waals surface area contributed by atoms with E-state index in [4.69, 9.17) is 10.5 Å². The molecule has 1 atom stereocenters. The highest BCUT2D eigenvalue weighted by molar-refractivity contribution is 9.10. The van der Waals surface area contributed by atoms with E-state index in [0.29, 0.717) is 12.2 Å². The lowest BCUT2D eigenvalue weighted by molar-refractivity contribution is -0.146. The number of halogens is 1. The van der Waals surface area contributed by atoms with E-state index in [0.717, 1.165) is 12.8 Å². The van der Waals surface area contributed by atoms with Crippen molar-refractivity contribution in [3.63, 3.8) is 0 Å². The average molecular weight is 287 g/mol. The van der Waals surface area contributed by atoms with Crippen molar-refractivity contribution >= 4 is 21.9 Å². The Morgan fingerprint density at radius 3 is 2.75 bits per heavy atom. The van der Waals surface area contributed by atoms with Gasteiger partial charge in [0, 0.05) is 12.4 Å². The first-order valence-corrected chi connectivity index (χ1v) is 5.94. The quantitative estimate of drug-likeness (QED) is 0.389. The number of nitrogens with zero attached hydrogens (tertiary/aromatic N) is 1. The molecule has 16 heavy (non-hydrogen) atoms. The molecular formula is C11H15BrN2O2. The number of unbranched alkanes of at least 4 members (excludes halogenated alkanes) is 1. The number of carbonyl (C=O) groups is 1. The van der Waals surface area contributed by atoms with Gasteiger partial charge in [-0.1, -0.05) is 29.3 Å². The van der Waals surface area contributed by atoms with Gasteiger partial charge in [0.2, 0.25) is 0 Å². The van der Waals surface area contributed by atoms with Crippen LogP contribution in [0.3, 0.4) is 0 Å². The summed E-state index contributed by atoms with van der Waals surface area (Å²) in [5.74, 6) is -0.479. The monoisotopic (exact) mass is 286 g/mol. The summed E-state index contributed by atoms with van der Waals surface area (Å²) in [6.07, 6.45) is 4.97. The molecule has 1 rings (SSSR count). The van der Waals surface area contributed by atoms with E-state index in [1.807, 2.05) is 6.92 Å². The van der Waals surface area contributed by atoms with Gasteiger partial charge < -0.3 is 10.5 Å². The zero-order valence-electron chi connectivity index (χ0n) is 9.15. The fraction of sp³-hybridized carbons (Fsp3) is 0.455. The minimum absolute atomic E-state index is 0.394. The van der Waals surface area contributed by atoms with Crippen molar-refractivity contribution in [2.75, 3.05) is 6.61 Å². The first kappa shape index (κ1) is 13.1. The molecule has 0 radical (unpaired) electrons. The van der Waals surface area contributed by atoms with Gasteiger partial charge in [0.05, 0.1) is 6.61 Å². The molecule has 0 amide bonds. The van der Waals surface area contributed by atoms with E-state index in [1.54, 1.807) is 24.5 Å². The molecule has 2 N–H and O–H groups in total. The maximum atomic E-state index is 11.7. The number of alkyl halides is 1. The Balaban J connectivity index is 2.66. The van der Waals surface area contributed by atoms with Crippen LogP contribution in [-0.2, 0) is 14.0 Å². The van der Waals surface area contributed by atoms with Crippen LogP contribution in [0, 0.1) is 0 Å². The van der Waals surface area contributed by atoms with E-state index >= 15 is 0 Å². The fourth-order valence-corrected chi connectivity index (χ4v) is 1.51. The van der Waals surface area contributed by atoms with Gasteiger partial charge in [0.15, 0.2) is 4.45 Å². The van der Waals surface area contributed by atoms with Gasteiger partial charge in [0.1, 0.15) is 0 Å². The summed E-state index contributed by atoms with van der Waals surface area (Å²) in [4.78, 5) is 15.6. The number of rotatable bonds is 5. The van der Waals surface area contributed by atoms with E-state index < -0.39 is 10.4 Å². The first-order chi connectivity index (χ1) is 7.59. The summed E-state index contributed by atoms with van der Waals surface area (Å²) in [7, 11) is 0. The van der Waals surface area contributed by atoms with E-state index in [2.05, 4.69) is 20.9 Å². The normalized spacial score (nSPS) is 14.2. The topological polar surface area (TPSA) is 65.2 Å². The third-order valence-corrected chi connectivity index (χ3v) is 2.91. The third-order valence-electron chi connectivity index (χ3n) is 2.13. The average Bonchev–Trinajstić information content (AvgIpc) is 2.30. The van der Waals surface area contributed by atoms with Crippen molar-refractivity contribution in [1.82, 2.24) is 4.98 Å². The van der Waals surface area contributed by atoms with Crippen molar-refractivity contribution in [2.45, 2.75) is 24.2 Å². The standard InChI is InChI=1S/C11H15BrN2O2/c1-2-3-8-16-10(15)11(12,13)9-4-6-14-7-5-9/h4-7H,2-3,8,13H2,1H3. The number of carbonyl (C=O) groups excluding carboxylic acids is 1. The maximum absolute atomic E-state index is 11.7. The minimum atomic E-state index is -1.29. The molecule has 4 nitrogen and oxygen atoms in total. The van der Waals surface area contributed by atoms with Gasteiger partial charge >= 0.3 is 5.97 Å². The summed E-state index contributed by atoms with van der Waals surface area (Å²) in [6, 6.07) is 3.35. The van der Waals surface area contributed by atoms with Crippen LogP contribution in [0.2, 0.25) is 0 Å². The van der Waals surface area contributed by atoms with Crippen molar-refractivity contribution in [3.8, 4) is 0 Å².